The number of carboxylic acid groups (broad SMARTS) is 1. The molecule has 1 saturated heterocycles. The minimum absolute atomic E-state index is 0.0797. The fourth-order valence-corrected chi connectivity index (χ4v) is 2.77. The van der Waals surface area contributed by atoms with Gasteiger partial charge in [0, 0.05) is 17.1 Å². The van der Waals surface area contributed by atoms with Gasteiger partial charge in [0.15, 0.2) is 5.69 Å². The summed E-state index contributed by atoms with van der Waals surface area (Å²) in [6.45, 7) is 1.88. The number of fused-ring (bicyclic) bond motifs is 1. The first kappa shape index (κ1) is 12.4. The fraction of sp³-hybridized carbons (Fsp3) is 0.385. The lowest BCUT2D eigenvalue weighted by molar-refractivity contribution is 0.0693. The maximum Gasteiger partial charge on any atom is 0.356 e. The molecule has 1 aliphatic heterocycles. The third-order valence-corrected chi connectivity index (χ3v) is 3.77. The third kappa shape index (κ3) is 2.19. The van der Waals surface area contributed by atoms with Gasteiger partial charge in [0.2, 0.25) is 0 Å². The number of carbonyl (C=O) groups is 1. The number of hydrogen-bond acceptors (Lipinski definition) is 3. The minimum Gasteiger partial charge on any atom is -0.476 e. The van der Waals surface area contributed by atoms with E-state index in [4.69, 9.17) is 11.6 Å². The standard InChI is InChI=1S/C13H14ClN3O2/c14-9-3-6-17-10(7-9)11(13(18)19)16-12(17)8-1-4-15-5-2-8/h3,6-8,15H,1-2,4-5H2,(H,18,19). The van der Waals surface area contributed by atoms with Crippen molar-refractivity contribution in [3.63, 3.8) is 0 Å². The molecule has 0 unspecified atom stereocenters. The van der Waals surface area contributed by atoms with Crippen LogP contribution < -0.4 is 5.32 Å². The Morgan fingerprint density at radius 2 is 2.21 bits per heavy atom. The number of piperidine rings is 1. The van der Waals surface area contributed by atoms with Crippen molar-refractivity contribution >= 4 is 23.1 Å². The molecular formula is C13H14ClN3O2. The summed E-state index contributed by atoms with van der Waals surface area (Å²) < 4.78 is 1.85. The van der Waals surface area contributed by atoms with Crippen molar-refractivity contribution in [3.05, 3.63) is 34.9 Å². The second kappa shape index (κ2) is 4.83. The van der Waals surface area contributed by atoms with E-state index in [1.807, 2.05) is 4.40 Å². The highest BCUT2D eigenvalue weighted by molar-refractivity contribution is 6.31. The van der Waals surface area contributed by atoms with Crippen LogP contribution in [0.2, 0.25) is 5.02 Å². The lowest BCUT2D eigenvalue weighted by Gasteiger charge is -2.21. The molecule has 0 spiro atoms. The molecule has 0 amide bonds. The summed E-state index contributed by atoms with van der Waals surface area (Å²) in [5.74, 6) is 0.105. The van der Waals surface area contributed by atoms with E-state index in [1.165, 1.54) is 0 Å². The maximum absolute atomic E-state index is 11.3. The molecule has 19 heavy (non-hydrogen) atoms. The van der Waals surface area contributed by atoms with Crippen molar-refractivity contribution in [2.75, 3.05) is 13.1 Å². The Balaban J connectivity index is 2.16. The molecule has 2 aromatic rings. The predicted octanol–water partition coefficient (Wildman–Crippen LogP) is 2.15. The molecular weight excluding hydrogens is 266 g/mol. The average molecular weight is 280 g/mol. The number of aromatic nitrogens is 2. The highest BCUT2D eigenvalue weighted by Crippen LogP contribution is 2.28. The first-order valence-corrected chi connectivity index (χ1v) is 6.66. The largest absolute Gasteiger partial charge is 0.476 e. The van der Waals surface area contributed by atoms with Gasteiger partial charge in [-0.25, -0.2) is 9.78 Å². The molecule has 3 heterocycles. The first-order valence-electron chi connectivity index (χ1n) is 6.28. The zero-order valence-corrected chi connectivity index (χ0v) is 11.0. The summed E-state index contributed by atoms with van der Waals surface area (Å²) in [5, 5.41) is 13.1. The van der Waals surface area contributed by atoms with Gasteiger partial charge in [0.1, 0.15) is 5.82 Å². The summed E-state index contributed by atoms with van der Waals surface area (Å²) in [5.41, 5.74) is 0.643. The highest BCUT2D eigenvalue weighted by atomic mass is 35.5. The molecule has 1 aliphatic rings. The van der Waals surface area contributed by atoms with Crippen LogP contribution in [0.5, 0.6) is 0 Å². The number of rotatable bonds is 2. The summed E-state index contributed by atoms with van der Waals surface area (Å²) in [4.78, 5) is 15.6. The predicted molar refractivity (Wildman–Crippen MR) is 72.0 cm³/mol. The average Bonchev–Trinajstić information content (AvgIpc) is 2.78. The van der Waals surface area contributed by atoms with Gasteiger partial charge in [-0.05, 0) is 38.1 Å². The minimum atomic E-state index is -1.01. The Labute approximate surface area is 115 Å². The normalized spacial score (nSPS) is 16.9. The number of halogens is 1. The van der Waals surface area contributed by atoms with Crippen molar-refractivity contribution in [1.82, 2.24) is 14.7 Å². The number of aromatic carboxylic acids is 1. The molecule has 6 heteroatoms. The van der Waals surface area contributed by atoms with Crippen LogP contribution in [0.15, 0.2) is 18.3 Å². The van der Waals surface area contributed by atoms with Crippen molar-refractivity contribution in [3.8, 4) is 0 Å². The van der Waals surface area contributed by atoms with Gasteiger partial charge >= 0.3 is 5.97 Å². The lowest BCUT2D eigenvalue weighted by atomic mass is 9.97. The molecule has 0 aromatic carbocycles. The first-order chi connectivity index (χ1) is 9.16. The fourth-order valence-electron chi connectivity index (χ4n) is 2.61. The number of pyridine rings is 1. The molecule has 0 saturated carbocycles. The van der Waals surface area contributed by atoms with Crippen molar-refractivity contribution in [2.45, 2.75) is 18.8 Å². The number of carboxylic acids is 1. The Morgan fingerprint density at radius 3 is 2.89 bits per heavy atom. The molecule has 0 atom stereocenters. The van der Waals surface area contributed by atoms with E-state index in [-0.39, 0.29) is 5.69 Å². The summed E-state index contributed by atoms with van der Waals surface area (Å²) in [6, 6.07) is 3.41. The number of imidazole rings is 1. The van der Waals surface area contributed by atoms with Gasteiger partial charge in [-0.3, -0.25) is 0 Å². The van der Waals surface area contributed by atoms with E-state index in [2.05, 4.69) is 10.3 Å². The highest BCUT2D eigenvalue weighted by Gasteiger charge is 2.24. The number of hydrogen-bond donors (Lipinski definition) is 2. The van der Waals surface area contributed by atoms with E-state index < -0.39 is 5.97 Å². The SMILES string of the molecule is O=C(O)c1nc(C2CCNCC2)n2ccc(Cl)cc12. The third-order valence-electron chi connectivity index (χ3n) is 3.54. The Morgan fingerprint density at radius 1 is 1.47 bits per heavy atom. The molecule has 0 radical (unpaired) electrons. The van der Waals surface area contributed by atoms with Crippen molar-refractivity contribution in [2.24, 2.45) is 0 Å². The van der Waals surface area contributed by atoms with Gasteiger partial charge in [0.25, 0.3) is 0 Å². The van der Waals surface area contributed by atoms with Crippen LogP contribution in [0.25, 0.3) is 5.52 Å². The van der Waals surface area contributed by atoms with Crippen LogP contribution in [0.3, 0.4) is 0 Å². The molecule has 5 nitrogen and oxygen atoms in total. The molecule has 0 bridgehead atoms. The second-order valence-corrected chi connectivity index (χ2v) is 5.18. The van der Waals surface area contributed by atoms with Gasteiger partial charge < -0.3 is 14.8 Å². The smallest absolute Gasteiger partial charge is 0.356 e. The Hall–Kier alpha value is -1.59. The molecule has 100 valence electrons. The van der Waals surface area contributed by atoms with E-state index >= 15 is 0 Å². The van der Waals surface area contributed by atoms with Crippen LogP contribution in [0, 0.1) is 0 Å². The van der Waals surface area contributed by atoms with Crippen molar-refractivity contribution in [1.29, 1.82) is 0 Å². The summed E-state index contributed by atoms with van der Waals surface area (Å²) >= 11 is 5.95. The monoisotopic (exact) mass is 279 g/mol. The quantitative estimate of drug-likeness (QED) is 0.884. The van der Waals surface area contributed by atoms with E-state index in [0.29, 0.717) is 16.5 Å². The summed E-state index contributed by atoms with van der Waals surface area (Å²) in [7, 11) is 0. The van der Waals surface area contributed by atoms with Gasteiger partial charge in [-0.2, -0.15) is 0 Å². The van der Waals surface area contributed by atoms with E-state index in [1.54, 1.807) is 18.3 Å². The molecule has 3 rings (SSSR count). The molecule has 2 aromatic heterocycles. The second-order valence-electron chi connectivity index (χ2n) is 4.75. The molecule has 2 N–H and O–H groups in total. The number of nitrogens with one attached hydrogen (secondary N) is 1. The van der Waals surface area contributed by atoms with Crippen LogP contribution in [-0.4, -0.2) is 33.6 Å². The van der Waals surface area contributed by atoms with E-state index in [9.17, 15) is 9.90 Å². The summed E-state index contributed by atoms with van der Waals surface area (Å²) in [6.07, 6.45) is 3.75. The topological polar surface area (TPSA) is 66.6 Å². The van der Waals surface area contributed by atoms with Gasteiger partial charge in [-0.1, -0.05) is 11.6 Å². The van der Waals surface area contributed by atoms with Crippen LogP contribution >= 0.6 is 11.6 Å². The number of nitrogens with zero attached hydrogens (tertiary/aromatic N) is 2. The van der Waals surface area contributed by atoms with E-state index in [0.717, 1.165) is 31.8 Å². The zero-order valence-electron chi connectivity index (χ0n) is 10.3. The Kier molecular flexibility index (Phi) is 3.16. The van der Waals surface area contributed by atoms with Crippen LogP contribution in [0.1, 0.15) is 35.1 Å². The van der Waals surface area contributed by atoms with Crippen molar-refractivity contribution < 1.29 is 9.90 Å². The molecule has 0 aliphatic carbocycles. The Bertz CT molecular complexity index is 632. The maximum atomic E-state index is 11.3. The zero-order chi connectivity index (χ0) is 13.4. The van der Waals surface area contributed by atoms with Gasteiger partial charge in [-0.15, -0.1) is 0 Å². The lowest BCUT2D eigenvalue weighted by Crippen LogP contribution is -2.27. The van der Waals surface area contributed by atoms with Crippen LogP contribution in [-0.2, 0) is 0 Å². The van der Waals surface area contributed by atoms with Gasteiger partial charge in [0.05, 0.1) is 5.52 Å². The van der Waals surface area contributed by atoms with Crippen LogP contribution in [0.4, 0.5) is 0 Å². The molecule has 1 fully saturated rings.